The number of esters is 1. The van der Waals surface area contributed by atoms with Crippen LogP contribution in [0.5, 0.6) is 11.5 Å². The van der Waals surface area contributed by atoms with Crippen molar-refractivity contribution in [3.63, 3.8) is 0 Å². The van der Waals surface area contributed by atoms with Gasteiger partial charge in [0.2, 0.25) is 0 Å². The number of amides is 2. The molecule has 0 spiro atoms. The Labute approximate surface area is 187 Å². The average molecular weight is 529 g/mol. The molecule has 2 rings (SSSR count). The zero-order valence-electron chi connectivity index (χ0n) is 16.2. The SMILES string of the molecule is C#CCOc1c(I)cc(/C=C2/SC(=O)N(CC(=O)OCC(C)C)C2=O)cc1OC. The lowest BCUT2D eigenvalue weighted by molar-refractivity contribution is -0.147. The number of benzene rings is 1. The Morgan fingerprint density at radius 3 is 2.72 bits per heavy atom. The van der Waals surface area contributed by atoms with E-state index in [0.29, 0.717) is 17.1 Å². The quantitative estimate of drug-likeness (QED) is 0.221. The van der Waals surface area contributed by atoms with Crippen LogP contribution in [-0.4, -0.2) is 48.9 Å². The Bertz CT molecular complexity index is 890. The molecule has 9 heteroatoms. The lowest BCUT2D eigenvalue weighted by atomic mass is 10.2. The molecule has 1 saturated heterocycles. The average Bonchev–Trinajstić information content (AvgIpc) is 2.92. The zero-order valence-corrected chi connectivity index (χ0v) is 19.2. The maximum absolute atomic E-state index is 12.6. The van der Waals surface area contributed by atoms with Gasteiger partial charge in [-0.25, -0.2) is 0 Å². The first-order valence-electron chi connectivity index (χ1n) is 8.61. The second-order valence-corrected chi connectivity index (χ2v) is 8.53. The van der Waals surface area contributed by atoms with Crippen LogP contribution in [0.3, 0.4) is 0 Å². The first-order chi connectivity index (χ1) is 13.8. The van der Waals surface area contributed by atoms with Gasteiger partial charge in [-0.1, -0.05) is 19.8 Å². The van der Waals surface area contributed by atoms with Crippen molar-refractivity contribution in [3.05, 3.63) is 26.2 Å². The topological polar surface area (TPSA) is 82.1 Å². The second kappa shape index (κ2) is 10.5. The van der Waals surface area contributed by atoms with Crippen molar-refractivity contribution in [3.8, 4) is 23.8 Å². The normalized spacial score (nSPS) is 15.0. The number of rotatable bonds is 8. The van der Waals surface area contributed by atoms with Crippen molar-refractivity contribution < 1.29 is 28.6 Å². The molecule has 0 atom stereocenters. The molecule has 1 heterocycles. The summed E-state index contributed by atoms with van der Waals surface area (Å²) in [4.78, 5) is 37.7. The predicted octanol–water partition coefficient (Wildman–Crippen LogP) is 3.55. The Balaban J connectivity index is 2.19. The molecule has 2 amide bonds. The summed E-state index contributed by atoms with van der Waals surface area (Å²) in [6.07, 6.45) is 6.80. The summed E-state index contributed by atoms with van der Waals surface area (Å²) in [5.74, 6) is 2.36. The number of hydrogen-bond donors (Lipinski definition) is 0. The van der Waals surface area contributed by atoms with E-state index in [1.165, 1.54) is 7.11 Å². The number of halogens is 1. The van der Waals surface area contributed by atoms with Crippen LogP contribution in [0, 0.1) is 21.8 Å². The molecule has 0 N–H and O–H groups in total. The monoisotopic (exact) mass is 529 g/mol. The summed E-state index contributed by atoms with van der Waals surface area (Å²) < 4.78 is 16.6. The lowest BCUT2D eigenvalue weighted by Crippen LogP contribution is -2.34. The molecule has 1 aliphatic rings. The van der Waals surface area contributed by atoms with Gasteiger partial charge < -0.3 is 14.2 Å². The van der Waals surface area contributed by atoms with E-state index in [0.717, 1.165) is 20.2 Å². The summed E-state index contributed by atoms with van der Waals surface area (Å²) in [5, 5.41) is -0.515. The van der Waals surface area contributed by atoms with E-state index in [9.17, 15) is 14.4 Å². The maximum Gasteiger partial charge on any atom is 0.326 e. The third-order valence-electron chi connectivity index (χ3n) is 3.59. The summed E-state index contributed by atoms with van der Waals surface area (Å²) in [6.45, 7) is 3.71. The van der Waals surface area contributed by atoms with Crippen molar-refractivity contribution in [1.29, 1.82) is 0 Å². The molecule has 1 fully saturated rings. The van der Waals surface area contributed by atoms with Gasteiger partial charge in [-0.15, -0.1) is 6.42 Å². The molecule has 29 heavy (non-hydrogen) atoms. The van der Waals surface area contributed by atoms with Crippen LogP contribution in [0.1, 0.15) is 19.4 Å². The fourth-order valence-electron chi connectivity index (χ4n) is 2.30. The van der Waals surface area contributed by atoms with Gasteiger partial charge in [-0.2, -0.15) is 0 Å². The van der Waals surface area contributed by atoms with Crippen LogP contribution in [0.25, 0.3) is 6.08 Å². The highest BCUT2D eigenvalue weighted by Crippen LogP contribution is 2.37. The first-order valence-corrected chi connectivity index (χ1v) is 10.5. The minimum Gasteiger partial charge on any atom is -0.493 e. The van der Waals surface area contributed by atoms with Crippen LogP contribution in [-0.2, 0) is 14.3 Å². The van der Waals surface area contributed by atoms with Gasteiger partial charge in [-0.05, 0) is 64.0 Å². The van der Waals surface area contributed by atoms with Crippen molar-refractivity contribution in [1.82, 2.24) is 4.90 Å². The number of carbonyl (C=O) groups is 3. The Kier molecular flexibility index (Phi) is 8.40. The van der Waals surface area contributed by atoms with Gasteiger partial charge in [-0.3, -0.25) is 19.3 Å². The predicted molar refractivity (Wildman–Crippen MR) is 119 cm³/mol. The minimum atomic E-state index is -0.617. The van der Waals surface area contributed by atoms with Crippen LogP contribution in [0.15, 0.2) is 17.0 Å². The molecule has 0 unspecified atom stereocenters. The molecule has 0 aliphatic carbocycles. The fourth-order valence-corrected chi connectivity index (χ4v) is 3.92. The zero-order chi connectivity index (χ0) is 21.6. The third-order valence-corrected chi connectivity index (χ3v) is 5.30. The van der Waals surface area contributed by atoms with Crippen molar-refractivity contribution in [2.45, 2.75) is 13.8 Å². The van der Waals surface area contributed by atoms with E-state index in [-0.39, 0.29) is 24.0 Å². The molecular weight excluding hydrogens is 509 g/mol. The standard InChI is InChI=1S/C20H20INO6S/c1-5-6-27-18-14(21)7-13(8-15(18)26-4)9-16-19(24)22(20(25)29-16)10-17(23)28-11-12(2)3/h1,7-9,12H,6,10-11H2,2-4H3/b16-9+. The Hall–Kier alpha value is -2.19. The minimum absolute atomic E-state index is 0.0947. The number of carbonyl (C=O) groups excluding carboxylic acids is 3. The van der Waals surface area contributed by atoms with Gasteiger partial charge in [0.05, 0.1) is 22.2 Å². The molecule has 1 aliphatic heterocycles. The third kappa shape index (κ3) is 6.14. The molecular formula is C20H20INO6S. The fraction of sp³-hybridized carbons (Fsp3) is 0.350. The van der Waals surface area contributed by atoms with E-state index in [1.54, 1.807) is 18.2 Å². The van der Waals surface area contributed by atoms with E-state index in [1.807, 2.05) is 13.8 Å². The van der Waals surface area contributed by atoms with Gasteiger partial charge in [0, 0.05) is 0 Å². The summed E-state index contributed by atoms with van der Waals surface area (Å²) in [5.41, 5.74) is 0.646. The molecule has 7 nitrogen and oxygen atoms in total. The number of terminal acetylenes is 1. The number of methoxy groups -OCH3 is 1. The summed E-state index contributed by atoms with van der Waals surface area (Å²) in [7, 11) is 1.49. The molecule has 0 aromatic heterocycles. The number of imide groups is 1. The van der Waals surface area contributed by atoms with Gasteiger partial charge in [0.1, 0.15) is 13.2 Å². The van der Waals surface area contributed by atoms with Gasteiger partial charge in [0.25, 0.3) is 11.1 Å². The maximum atomic E-state index is 12.6. The molecule has 0 radical (unpaired) electrons. The second-order valence-electron chi connectivity index (χ2n) is 6.37. The summed E-state index contributed by atoms with van der Waals surface area (Å²) >= 11 is 2.84. The number of ether oxygens (including phenoxy) is 3. The highest BCUT2D eigenvalue weighted by Gasteiger charge is 2.36. The van der Waals surface area contributed by atoms with Crippen molar-refractivity contribution in [2.24, 2.45) is 5.92 Å². The van der Waals surface area contributed by atoms with Crippen LogP contribution in [0.4, 0.5) is 4.79 Å². The molecule has 154 valence electrons. The smallest absolute Gasteiger partial charge is 0.326 e. The Morgan fingerprint density at radius 2 is 2.10 bits per heavy atom. The number of hydrogen-bond acceptors (Lipinski definition) is 7. The molecule has 0 saturated carbocycles. The van der Waals surface area contributed by atoms with E-state index in [2.05, 4.69) is 28.5 Å². The lowest BCUT2D eigenvalue weighted by Gasteiger charge is -2.13. The van der Waals surface area contributed by atoms with Gasteiger partial charge in [0.15, 0.2) is 11.5 Å². The van der Waals surface area contributed by atoms with E-state index < -0.39 is 23.7 Å². The molecule has 0 bridgehead atoms. The Morgan fingerprint density at radius 1 is 1.38 bits per heavy atom. The van der Waals surface area contributed by atoms with E-state index in [4.69, 9.17) is 20.6 Å². The van der Waals surface area contributed by atoms with Gasteiger partial charge >= 0.3 is 5.97 Å². The summed E-state index contributed by atoms with van der Waals surface area (Å²) in [6, 6.07) is 3.46. The number of thioether (sulfide) groups is 1. The van der Waals surface area contributed by atoms with Crippen LogP contribution in [0.2, 0.25) is 0 Å². The van der Waals surface area contributed by atoms with Crippen LogP contribution < -0.4 is 9.47 Å². The van der Waals surface area contributed by atoms with E-state index >= 15 is 0 Å². The largest absolute Gasteiger partial charge is 0.493 e. The van der Waals surface area contributed by atoms with Crippen molar-refractivity contribution in [2.75, 3.05) is 26.9 Å². The number of nitrogens with zero attached hydrogens (tertiary/aromatic N) is 1. The van der Waals surface area contributed by atoms with Crippen LogP contribution >= 0.6 is 34.4 Å². The van der Waals surface area contributed by atoms with Crippen molar-refractivity contribution >= 4 is 57.5 Å². The first kappa shape index (κ1) is 23.1. The highest BCUT2D eigenvalue weighted by molar-refractivity contribution is 14.1. The molecule has 1 aromatic carbocycles. The highest BCUT2D eigenvalue weighted by atomic mass is 127. The molecule has 1 aromatic rings.